The van der Waals surface area contributed by atoms with Crippen LogP contribution in [-0.2, 0) is 0 Å². The molecule has 0 spiro atoms. The molecule has 2 nitrogen and oxygen atoms in total. The lowest BCUT2D eigenvalue weighted by Crippen LogP contribution is -1.93. The molecule has 11 rings (SSSR count). The average molecular weight is 680 g/mol. The highest BCUT2D eigenvalue weighted by molar-refractivity contribution is 7.26. The topological polar surface area (TPSA) is 26.0 Å². The average Bonchev–Trinajstić information content (AvgIpc) is 3.78. The van der Waals surface area contributed by atoms with Gasteiger partial charge in [0.05, 0.1) is 11.2 Å². The molecule has 0 N–H and O–H groups in total. The van der Waals surface area contributed by atoms with Gasteiger partial charge in [-0.15, -0.1) is 11.3 Å². The molecule has 0 amide bonds. The van der Waals surface area contributed by atoms with Gasteiger partial charge in [-0.2, -0.15) is 0 Å². The Labute approximate surface area is 303 Å². The normalized spacial score (nSPS) is 11.8. The third-order valence-corrected chi connectivity index (χ3v) is 11.7. The van der Waals surface area contributed by atoms with Crippen LogP contribution in [0.15, 0.2) is 180 Å². The van der Waals surface area contributed by atoms with Crippen LogP contribution >= 0.6 is 11.3 Å². The molecule has 0 unspecified atom stereocenters. The van der Waals surface area contributed by atoms with Gasteiger partial charge >= 0.3 is 0 Å². The Kier molecular flexibility index (Phi) is 6.46. The second-order valence-corrected chi connectivity index (χ2v) is 14.5. The number of thiophene rings is 1. The molecule has 8 aromatic carbocycles. The zero-order chi connectivity index (χ0) is 34.2. The van der Waals surface area contributed by atoms with E-state index in [-0.39, 0.29) is 0 Å². The van der Waals surface area contributed by atoms with Crippen LogP contribution in [0.3, 0.4) is 0 Å². The zero-order valence-electron chi connectivity index (χ0n) is 28.0. The van der Waals surface area contributed by atoms with Gasteiger partial charge in [-0.1, -0.05) is 140 Å². The summed E-state index contributed by atoms with van der Waals surface area (Å²) in [7, 11) is 0. The van der Waals surface area contributed by atoms with Crippen LogP contribution in [0, 0.1) is 0 Å². The monoisotopic (exact) mass is 679 g/mol. The van der Waals surface area contributed by atoms with Crippen LogP contribution in [0.4, 0.5) is 0 Å². The van der Waals surface area contributed by atoms with Gasteiger partial charge in [0.25, 0.3) is 0 Å². The predicted octanol–water partition coefficient (Wildman–Crippen LogP) is 14.3. The second kappa shape index (κ2) is 11.5. The van der Waals surface area contributed by atoms with E-state index in [1.807, 2.05) is 17.4 Å². The Balaban J connectivity index is 1.18. The van der Waals surface area contributed by atoms with Crippen molar-refractivity contribution < 1.29 is 4.42 Å². The summed E-state index contributed by atoms with van der Waals surface area (Å²) in [4.78, 5) is 5.27. The van der Waals surface area contributed by atoms with E-state index >= 15 is 0 Å². The molecule has 0 fully saturated rings. The van der Waals surface area contributed by atoms with Gasteiger partial charge in [0.15, 0.2) is 0 Å². The zero-order valence-corrected chi connectivity index (χ0v) is 28.8. The van der Waals surface area contributed by atoms with Gasteiger partial charge in [0, 0.05) is 58.2 Å². The quantitative estimate of drug-likeness (QED) is 0.173. The fourth-order valence-electron chi connectivity index (χ4n) is 8.12. The van der Waals surface area contributed by atoms with E-state index in [9.17, 15) is 0 Å². The van der Waals surface area contributed by atoms with Crippen LogP contribution in [0.2, 0.25) is 0 Å². The second-order valence-electron chi connectivity index (χ2n) is 13.4. The molecule has 11 aromatic rings. The van der Waals surface area contributed by atoms with E-state index in [0.717, 1.165) is 55.0 Å². The molecule has 0 aliphatic carbocycles. The van der Waals surface area contributed by atoms with Crippen LogP contribution in [0.5, 0.6) is 0 Å². The summed E-state index contributed by atoms with van der Waals surface area (Å²) < 4.78 is 9.28. The van der Waals surface area contributed by atoms with Crippen LogP contribution in [-0.4, -0.2) is 4.98 Å². The Morgan fingerprint density at radius 1 is 0.404 bits per heavy atom. The number of fused-ring (bicyclic) bond motifs is 9. The number of para-hydroxylation sites is 2. The standard InChI is InChI=1S/C49H29NOS/c1-2-13-30(14-3-1)48-40-29-43-47(39-21-5-8-25-42(39)51-43)45(46(40)38-20-4-7-24-41(38)50-48)34-18-11-16-32(28-34)31-15-10-17-33(27-31)35-22-12-23-37-36-19-6-9-26-44(36)52-49(35)37/h1-29H. The molecule has 0 saturated heterocycles. The first-order valence-electron chi connectivity index (χ1n) is 17.6. The van der Waals surface area contributed by atoms with Crippen LogP contribution in [0.1, 0.15) is 0 Å². The fraction of sp³-hybridized carbons (Fsp3) is 0. The number of pyridine rings is 1. The molecule has 0 bridgehead atoms. The van der Waals surface area contributed by atoms with Crippen molar-refractivity contribution in [3.8, 4) is 44.6 Å². The first-order chi connectivity index (χ1) is 25.8. The van der Waals surface area contributed by atoms with E-state index < -0.39 is 0 Å². The molecule has 52 heavy (non-hydrogen) atoms. The Bertz CT molecular complexity index is 3190. The lowest BCUT2D eigenvalue weighted by molar-refractivity contribution is 0.669. The number of rotatable bonds is 4. The van der Waals surface area contributed by atoms with E-state index in [4.69, 9.17) is 9.40 Å². The molecule has 3 heteroatoms. The summed E-state index contributed by atoms with van der Waals surface area (Å²) in [5, 5.41) is 8.26. The number of hydrogen-bond acceptors (Lipinski definition) is 3. The number of benzene rings is 8. The van der Waals surface area contributed by atoms with Gasteiger partial charge < -0.3 is 4.42 Å². The van der Waals surface area contributed by atoms with E-state index in [0.29, 0.717) is 0 Å². The van der Waals surface area contributed by atoms with Crippen molar-refractivity contribution in [3.05, 3.63) is 176 Å². The SMILES string of the molecule is c1ccc(-c2nc3ccccc3c3c(-c4cccc(-c5cccc(-c6cccc7c6sc6ccccc67)c5)c4)c4c(cc23)oc2ccccc24)cc1. The highest BCUT2D eigenvalue weighted by Gasteiger charge is 2.22. The van der Waals surface area contributed by atoms with Crippen LogP contribution in [0.25, 0.3) is 108 Å². The predicted molar refractivity (Wildman–Crippen MR) is 221 cm³/mol. The minimum absolute atomic E-state index is 0.863. The lowest BCUT2D eigenvalue weighted by atomic mass is 9.88. The number of nitrogens with zero attached hydrogens (tertiary/aromatic N) is 1. The molecule has 3 heterocycles. The Hall–Kier alpha value is -6.55. The van der Waals surface area contributed by atoms with Crippen molar-refractivity contribution >= 4 is 75.1 Å². The highest BCUT2D eigenvalue weighted by atomic mass is 32.1. The Morgan fingerprint density at radius 3 is 1.90 bits per heavy atom. The van der Waals surface area contributed by atoms with Crippen molar-refractivity contribution in [3.63, 3.8) is 0 Å². The molecule has 0 saturated carbocycles. The summed E-state index contributed by atoms with van der Waals surface area (Å²) >= 11 is 1.87. The summed E-state index contributed by atoms with van der Waals surface area (Å²) in [6, 6.07) is 63.1. The van der Waals surface area contributed by atoms with Gasteiger partial charge in [-0.3, -0.25) is 0 Å². The van der Waals surface area contributed by atoms with Crippen molar-refractivity contribution in [2.45, 2.75) is 0 Å². The fourth-order valence-corrected chi connectivity index (χ4v) is 9.35. The van der Waals surface area contributed by atoms with Gasteiger partial charge in [0.2, 0.25) is 0 Å². The van der Waals surface area contributed by atoms with Crippen molar-refractivity contribution in [2.24, 2.45) is 0 Å². The van der Waals surface area contributed by atoms with E-state index in [1.165, 1.54) is 53.4 Å². The van der Waals surface area contributed by atoms with E-state index in [2.05, 4.69) is 170 Å². The van der Waals surface area contributed by atoms with Gasteiger partial charge in [0.1, 0.15) is 11.2 Å². The summed E-state index contributed by atoms with van der Waals surface area (Å²) in [5.41, 5.74) is 11.9. The molecular weight excluding hydrogens is 651 g/mol. The van der Waals surface area contributed by atoms with Gasteiger partial charge in [-0.25, -0.2) is 4.98 Å². The van der Waals surface area contributed by atoms with Gasteiger partial charge in [-0.05, 0) is 64.2 Å². The van der Waals surface area contributed by atoms with Crippen LogP contribution < -0.4 is 0 Å². The number of hydrogen-bond donors (Lipinski definition) is 0. The highest BCUT2D eigenvalue weighted by Crippen LogP contribution is 2.47. The van der Waals surface area contributed by atoms with E-state index in [1.54, 1.807) is 0 Å². The maximum Gasteiger partial charge on any atom is 0.136 e. The molecule has 3 aromatic heterocycles. The number of aromatic nitrogens is 1. The largest absolute Gasteiger partial charge is 0.456 e. The molecule has 0 aliphatic heterocycles. The molecule has 0 aliphatic rings. The summed E-state index contributed by atoms with van der Waals surface area (Å²) in [6.07, 6.45) is 0. The molecule has 0 atom stereocenters. The first-order valence-corrected chi connectivity index (χ1v) is 18.4. The minimum Gasteiger partial charge on any atom is -0.456 e. The third-order valence-electron chi connectivity index (χ3n) is 10.4. The first kappa shape index (κ1) is 29.2. The Morgan fingerprint density at radius 2 is 1.04 bits per heavy atom. The lowest BCUT2D eigenvalue weighted by Gasteiger charge is -2.16. The van der Waals surface area contributed by atoms with Crippen molar-refractivity contribution in [2.75, 3.05) is 0 Å². The summed E-state index contributed by atoms with van der Waals surface area (Å²) in [6.45, 7) is 0. The smallest absolute Gasteiger partial charge is 0.136 e. The maximum absolute atomic E-state index is 6.64. The molecular formula is C49H29NOS. The van der Waals surface area contributed by atoms with Crippen molar-refractivity contribution in [1.29, 1.82) is 0 Å². The van der Waals surface area contributed by atoms with Crippen molar-refractivity contribution in [1.82, 2.24) is 4.98 Å². The third kappa shape index (κ3) is 4.46. The molecule has 0 radical (unpaired) electrons. The number of furan rings is 1. The summed E-state index contributed by atoms with van der Waals surface area (Å²) in [5.74, 6) is 0. The minimum atomic E-state index is 0.863. The maximum atomic E-state index is 6.64. The molecule has 242 valence electrons.